The van der Waals surface area contributed by atoms with Crippen LogP contribution in [0.4, 0.5) is 5.13 Å². The quantitative estimate of drug-likeness (QED) is 0.806. The molecule has 0 aliphatic rings. The predicted molar refractivity (Wildman–Crippen MR) is 62.8 cm³/mol. The Bertz CT molecular complexity index is 446. The Kier molecular flexibility index (Phi) is 3.31. The van der Waals surface area contributed by atoms with Gasteiger partial charge in [-0.05, 0) is 11.3 Å². The summed E-state index contributed by atoms with van der Waals surface area (Å²) in [4.78, 5) is 1.99. The summed E-state index contributed by atoms with van der Waals surface area (Å²) >= 11 is 1.28. The zero-order chi connectivity index (χ0) is 11.4. The van der Waals surface area contributed by atoms with E-state index in [1.54, 1.807) is 7.11 Å². The molecule has 0 fully saturated rings. The van der Waals surface area contributed by atoms with E-state index in [1.165, 1.54) is 11.5 Å². The van der Waals surface area contributed by atoms with E-state index in [2.05, 4.69) is 14.8 Å². The maximum Gasteiger partial charge on any atom is 0.227 e. The van der Waals surface area contributed by atoms with Gasteiger partial charge in [0.25, 0.3) is 0 Å². The molecule has 2 aromatic rings. The molecule has 16 heavy (non-hydrogen) atoms. The molecule has 1 aromatic heterocycles. The molecule has 0 unspecified atom stereocenters. The van der Waals surface area contributed by atoms with Crippen LogP contribution in [0.15, 0.2) is 24.3 Å². The van der Waals surface area contributed by atoms with Gasteiger partial charge < -0.3 is 9.64 Å². The van der Waals surface area contributed by atoms with Crippen molar-refractivity contribution in [2.24, 2.45) is 0 Å². The Labute approximate surface area is 97.8 Å². The van der Waals surface area contributed by atoms with Crippen LogP contribution in [-0.4, -0.2) is 29.0 Å². The summed E-state index contributed by atoms with van der Waals surface area (Å²) in [5.74, 6) is 0.881. The van der Waals surface area contributed by atoms with Crippen molar-refractivity contribution in [1.29, 1.82) is 0 Å². The van der Waals surface area contributed by atoms with Crippen LogP contribution in [0.3, 0.4) is 0 Å². The molecule has 6 heteroatoms. The van der Waals surface area contributed by atoms with E-state index in [-0.39, 0.29) is 0 Å². The lowest BCUT2D eigenvalue weighted by molar-refractivity contribution is 0.409. The van der Waals surface area contributed by atoms with Gasteiger partial charge in [0, 0.05) is 30.7 Å². The second kappa shape index (κ2) is 4.89. The van der Waals surface area contributed by atoms with Crippen LogP contribution in [-0.2, 0) is 6.54 Å². The molecule has 5 nitrogen and oxygen atoms in total. The smallest absolute Gasteiger partial charge is 0.227 e. The summed E-state index contributed by atoms with van der Waals surface area (Å²) in [6.45, 7) is 0.723. The number of nitrogens with zero attached hydrogens (tertiary/aromatic N) is 4. The van der Waals surface area contributed by atoms with E-state index >= 15 is 0 Å². The average Bonchev–Trinajstić information content (AvgIpc) is 2.83. The van der Waals surface area contributed by atoms with Crippen molar-refractivity contribution in [1.82, 2.24) is 14.8 Å². The zero-order valence-corrected chi connectivity index (χ0v) is 9.94. The average molecular weight is 236 g/mol. The predicted octanol–water partition coefficient (Wildman–Crippen LogP) is 1.58. The highest BCUT2D eigenvalue weighted by Gasteiger charge is 2.09. The standard InChI is InChI=1S/C10H12N4OS/c1-14(10-11-12-13-16-10)7-8-5-3-4-6-9(8)15-2/h3-6H,7H2,1-2H3. The van der Waals surface area contributed by atoms with Crippen molar-refractivity contribution in [3.05, 3.63) is 29.8 Å². The minimum absolute atomic E-state index is 0.723. The van der Waals surface area contributed by atoms with Gasteiger partial charge in [-0.3, -0.25) is 0 Å². The highest BCUT2D eigenvalue weighted by Crippen LogP contribution is 2.21. The first kappa shape index (κ1) is 10.8. The molecule has 0 aliphatic heterocycles. The van der Waals surface area contributed by atoms with E-state index in [0.717, 1.165) is 23.0 Å². The number of para-hydroxylation sites is 1. The van der Waals surface area contributed by atoms with Crippen LogP contribution < -0.4 is 9.64 Å². The number of rotatable bonds is 4. The fourth-order valence-electron chi connectivity index (χ4n) is 1.43. The van der Waals surface area contributed by atoms with Crippen molar-refractivity contribution in [3.63, 3.8) is 0 Å². The molecule has 0 atom stereocenters. The number of ether oxygens (including phenoxy) is 1. The summed E-state index contributed by atoms with van der Waals surface area (Å²) in [7, 11) is 3.62. The molecule has 0 saturated carbocycles. The van der Waals surface area contributed by atoms with Crippen molar-refractivity contribution >= 4 is 16.7 Å². The van der Waals surface area contributed by atoms with Crippen LogP contribution in [0, 0.1) is 0 Å². The lowest BCUT2D eigenvalue weighted by Crippen LogP contribution is -2.16. The van der Waals surface area contributed by atoms with Gasteiger partial charge in [-0.2, -0.15) is 0 Å². The molecule has 1 aromatic carbocycles. The van der Waals surface area contributed by atoms with Gasteiger partial charge in [0.05, 0.1) is 7.11 Å². The lowest BCUT2D eigenvalue weighted by atomic mass is 10.2. The molecule has 2 rings (SSSR count). The second-order valence-electron chi connectivity index (χ2n) is 3.31. The third-order valence-electron chi connectivity index (χ3n) is 2.22. The Morgan fingerprint density at radius 1 is 1.38 bits per heavy atom. The number of hydrogen-bond acceptors (Lipinski definition) is 6. The van der Waals surface area contributed by atoms with E-state index in [9.17, 15) is 0 Å². The van der Waals surface area contributed by atoms with Gasteiger partial charge in [-0.1, -0.05) is 27.8 Å². The largest absolute Gasteiger partial charge is 0.496 e. The highest BCUT2D eigenvalue weighted by molar-refractivity contribution is 7.09. The van der Waals surface area contributed by atoms with Crippen LogP contribution in [0.1, 0.15) is 5.56 Å². The summed E-state index contributed by atoms with van der Waals surface area (Å²) in [6.07, 6.45) is 0. The summed E-state index contributed by atoms with van der Waals surface area (Å²) < 4.78 is 9.02. The first-order valence-electron chi connectivity index (χ1n) is 4.79. The van der Waals surface area contributed by atoms with E-state index in [0.29, 0.717) is 0 Å². The Morgan fingerprint density at radius 2 is 2.19 bits per heavy atom. The Balaban J connectivity index is 2.14. The number of benzene rings is 1. The second-order valence-corrected chi connectivity index (χ2v) is 4.02. The molecule has 0 saturated heterocycles. The number of methoxy groups -OCH3 is 1. The van der Waals surface area contributed by atoms with Gasteiger partial charge in [0.15, 0.2) is 0 Å². The van der Waals surface area contributed by atoms with Crippen LogP contribution in [0.2, 0.25) is 0 Å². The zero-order valence-electron chi connectivity index (χ0n) is 9.12. The van der Waals surface area contributed by atoms with Crippen molar-refractivity contribution < 1.29 is 4.74 Å². The molecular formula is C10H12N4OS. The number of anilines is 1. The topological polar surface area (TPSA) is 51.1 Å². The van der Waals surface area contributed by atoms with Gasteiger partial charge in [0.1, 0.15) is 5.75 Å². The Hall–Kier alpha value is -1.69. The lowest BCUT2D eigenvalue weighted by Gasteiger charge is -2.16. The van der Waals surface area contributed by atoms with Crippen molar-refractivity contribution in [2.45, 2.75) is 6.54 Å². The molecule has 84 valence electrons. The fraction of sp³-hybridized carbons (Fsp3) is 0.300. The SMILES string of the molecule is COc1ccccc1CN(C)c1nnns1. The van der Waals surface area contributed by atoms with Crippen LogP contribution in [0.5, 0.6) is 5.75 Å². The summed E-state index contributed by atoms with van der Waals surface area (Å²) in [5, 5.41) is 8.28. The monoisotopic (exact) mass is 236 g/mol. The third kappa shape index (κ3) is 2.27. The van der Waals surface area contributed by atoms with Gasteiger partial charge >= 0.3 is 0 Å². The maximum absolute atomic E-state index is 5.29. The molecule has 1 heterocycles. The van der Waals surface area contributed by atoms with Gasteiger partial charge in [-0.15, -0.1) is 0 Å². The highest BCUT2D eigenvalue weighted by atomic mass is 32.1. The normalized spacial score (nSPS) is 10.1. The van der Waals surface area contributed by atoms with Crippen LogP contribution in [0.25, 0.3) is 0 Å². The first-order valence-corrected chi connectivity index (χ1v) is 5.56. The third-order valence-corrected chi connectivity index (χ3v) is 2.93. The number of aromatic nitrogens is 3. The molecule has 0 spiro atoms. The van der Waals surface area contributed by atoms with Crippen LogP contribution >= 0.6 is 11.5 Å². The summed E-state index contributed by atoms with van der Waals surface area (Å²) in [6, 6.07) is 7.92. The van der Waals surface area contributed by atoms with E-state index in [1.807, 2.05) is 36.2 Å². The van der Waals surface area contributed by atoms with Crippen molar-refractivity contribution in [3.8, 4) is 5.75 Å². The van der Waals surface area contributed by atoms with E-state index in [4.69, 9.17) is 4.74 Å². The maximum atomic E-state index is 5.29. The number of hydrogen-bond donors (Lipinski definition) is 0. The molecular weight excluding hydrogens is 224 g/mol. The molecule has 0 aliphatic carbocycles. The molecule has 0 amide bonds. The van der Waals surface area contributed by atoms with Gasteiger partial charge in [0.2, 0.25) is 5.13 Å². The molecule has 0 radical (unpaired) electrons. The van der Waals surface area contributed by atoms with Crippen molar-refractivity contribution in [2.75, 3.05) is 19.1 Å². The van der Waals surface area contributed by atoms with E-state index < -0.39 is 0 Å². The fourth-order valence-corrected chi connectivity index (χ4v) is 1.86. The molecule has 0 N–H and O–H groups in total. The molecule has 0 bridgehead atoms. The first-order chi connectivity index (χ1) is 7.81. The minimum Gasteiger partial charge on any atom is -0.496 e. The Morgan fingerprint density at radius 3 is 2.88 bits per heavy atom. The minimum atomic E-state index is 0.723. The summed E-state index contributed by atoms with van der Waals surface area (Å²) in [5.41, 5.74) is 1.11. The van der Waals surface area contributed by atoms with Gasteiger partial charge in [-0.25, -0.2) is 0 Å².